The summed E-state index contributed by atoms with van der Waals surface area (Å²) in [7, 11) is 2.08. The molecule has 0 spiro atoms. The van der Waals surface area contributed by atoms with E-state index in [0.29, 0.717) is 0 Å². The number of nitrogens with one attached hydrogen (secondary N) is 1. The van der Waals surface area contributed by atoms with Gasteiger partial charge in [-0.05, 0) is 31.7 Å². The molecule has 0 aromatic rings. The van der Waals surface area contributed by atoms with Gasteiger partial charge in [0.1, 0.15) is 0 Å². The molecule has 0 aromatic carbocycles. The summed E-state index contributed by atoms with van der Waals surface area (Å²) in [6, 6.07) is 0.722. The van der Waals surface area contributed by atoms with E-state index in [2.05, 4.69) is 40.1 Å². The van der Waals surface area contributed by atoms with E-state index < -0.39 is 0 Å². The van der Waals surface area contributed by atoms with E-state index in [1.54, 1.807) is 0 Å². The van der Waals surface area contributed by atoms with E-state index >= 15 is 0 Å². The Kier molecular flexibility index (Phi) is 6.45. The maximum Gasteiger partial charge on any atom is 0.00690 e. The van der Waals surface area contributed by atoms with Gasteiger partial charge in [0.25, 0.3) is 0 Å². The van der Waals surface area contributed by atoms with Gasteiger partial charge in [0, 0.05) is 6.04 Å². The lowest BCUT2D eigenvalue weighted by atomic mass is 9.93. The maximum atomic E-state index is 3.40. The topological polar surface area (TPSA) is 12.0 Å². The van der Waals surface area contributed by atoms with Gasteiger partial charge >= 0.3 is 0 Å². The lowest BCUT2D eigenvalue weighted by molar-refractivity contribution is 0.361. The molecule has 1 unspecified atom stereocenters. The molecule has 0 saturated heterocycles. The van der Waals surface area contributed by atoms with Crippen LogP contribution in [0.15, 0.2) is 0 Å². The van der Waals surface area contributed by atoms with Crippen LogP contribution in [0.25, 0.3) is 0 Å². The summed E-state index contributed by atoms with van der Waals surface area (Å²) in [6.45, 7) is 9.19. The molecular formula is C11H25N. The molecule has 1 nitrogen and oxygen atoms in total. The molecule has 1 N–H and O–H groups in total. The summed E-state index contributed by atoms with van der Waals surface area (Å²) in [5.41, 5.74) is 0. The van der Waals surface area contributed by atoms with E-state index in [1.165, 1.54) is 19.3 Å². The zero-order valence-electron chi connectivity index (χ0n) is 9.35. The zero-order valence-corrected chi connectivity index (χ0v) is 9.35. The first kappa shape index (κ1) is 12.0. The summed E-state index contributed by atoms with van der Waals surface area (Å²) in [6.07, 6.45) is 3.93. The van der Waals surface area contributed by atoms with E-state index in [4.69, 9.17) is 0 Å². The fourth-order valence-corrected chi connectivity index (χ4v) is 1.55. The summed E-state index contributed by atoms with van der Waals surface area (Å²) in [5.74, 6) is 1.67. The summed E-state index contributed by atoms with van der Waals surface area (Å²) in [5, 5.41) is 3.40. The Morgan fingerprint density at radius 2 is 1.67 bits per heavy atom. The Morgan fingerprint density at radius 1 is 1.08 bits per heavy atom. The largest absolute Gasteiger partial charge is 0.317 e. The van der Waals surface area contributed by atoms with Crippen molar-refractivity contribution in [2.45, 2.75) is 53.0 Å². The Morgan fingerprint density at radius 3 is 2.00 bits per heavy atom. The van der Waals surface area contributed by atoms with E-state index in [9.17, 15) is 0 Å². The zero-order chi connectivity index (χ0) is 9.56. The molecule has 1 heteroatoms. The molecule has 74 valence electrons. The van der Waals surface area contributed by atoms with Crippen LogP contribution in [0.1, 0.15) is 47.0 Å². The van der Waals surface area contributed by atoms with Crippen molar-refractivity contribution in [3.05, 3.63) is 0 Å². The van der Waals surface area contributed by atoms with Crippen LogP contribution in [0.3, 0.4) is 0 Å². The quantitative estimate of drug-likeness (QED) is 0.647. The van der Waals surface area contributed by atoms with Crippen LogP contribution in [0.5, 0.6) is 0 Å². The van der Waals surface area contributed by atoms with Crippen LogP contribution in [0.2, 0.25) is 0 Å². The average Bonchev–Trinajstić information content (AvgIpc) is 2.02. The highest BCUT2D eigenvalue weighted by Crippen LogP contribution is 2.15. The highest BCUT2D eigenvalue weighted by Gasteiger charge is 2.11. The molecule has 0 saturated carbocycles. The van der Waals surface area contributed by atoms with Crippen LogP contribution in [0, 0.1) is 11.8 Å². The van der Waals surface area contributed by atoms with Crippen molar-refractivity contribution in [1.82, 2.24) is 5.32 Å². The van der Waals surface area contributed by atoms with Gasteiger partial charge in [0.2, 0.25) is 0 Å². The molecule has 2 atom stereocenters. The molecular weight excluding hydrogens is 146 g/mol. The number of hydrogen-bond donors (Lipinski definition) is 1. The SMILES string of the molecule is CC[C@H](C)CC(CC(C)C)NC. The van der Waals surface area contributed by atoms with Gasteiger partial charge in [-0.2, -0.15) is 0 Å². The third-order valence-corrected chi connectivity index (χ3v) is 2.55. The number of rotatable bonds is 6. The third-order valence-electron chi connectivity index (χ3n) is 2.55. The van der Waals surface area contributed by atoms with Gasteiger partial charge in [-0.3, -0.25) is 0 Å². The lowest BCUT2D eigenvalue weighted by Crippen LogP contribution is -2.28. The molecule has 0 heterocycles. The maximum absolute atomic E-state index is 3.40. The van der Waals surface area contributed by atoms with Crippen LogP contribution in [-0.2, 0) is 0 Å². The van der Waals surface area contributed by atoms with Gasteiger partial charge in [0.15, 0.2) is 0 Å². The van der Waals surface area contributed by atoms with Crippen molar-refractivity contribution in [1.29, 1.82) is 0 Å². The van der Waals surface area contributed by atoms with Crippen LogP contribution in [0.4, 0.5) is 0 Å². The van der Waals surface area contributed by atoms with Crippen molar-refractivity contribution in [3.8, 4) is 0 Å². The minimum atomic E-state index is 0.722. The fourth-order valence-electron chi connectivity index (χ4n) is 1.55. The summed E-state index contributed by atoms with van der Waals surface area (Å²) < 4.78 is 0. The predicted octanol–water partition coefficient (Wildman–Crippen LogP) is 3.06. The lowest BCUT2D eigenvalue weighted by Gasteiger charge is -2.21. The minimum absolute atomic E-state index is 0.722. The van der Waals surface area contributed by atoms with Crippen LogP contribution < -0.4 is 5.32 Å². The van der Waals surface area contributed by atoms with E-state index in [-0.39, 0.29) is 0 Å². The molecule has 0 aliphatic carbocycles. The van der Waals surface area contributed by atoms with Crippen LogP contribution in [-0.4, -0.2) is 13.1 Å². The molecule has 12 heavy (non-hydrogen) atoms. The van der Waals surface area contributed by atoms with Crippen molar-refractivity contribution in [2.75, 3.05) is 7.05 Å². The highest BCUT2D eigenvalue weighted by molar-refractivity contribution is 4.69. The first-order chi connectivity index (χ1) is 5.60. The molecule has 0 bridgehead atoms. The standard InChI is InChI=1S/C11H25N/c1-6-10(4)8-11(12-5)7-9(2)3/h9-12H,6-8H2,1-5H3/t10-,11?/m0/s1. The first-order valence-corrected chi connectivity index (χ1v) is 5.27. The first-order valence-electron chi connectivity index (χ1n) is 5.27. The predicted molar refractivity (Wildman–Crippen MR) is 56.4 cm³/mol. The molecule has 0 radical (unpaired) electrons. The molecule has 0 rings (SSSR count). The second-order valence-corrected chi connectivity index (χ2v) is 4.36. The fraction of sp³-hybridized carbons (Fsp3) is 1.00. The van der Waals surface area contributed by atoms with Crippen molar-refractivity contribution in [3.63, 3.8) is 0 Å². The summed E-state index contributed by atoms with van der Waals surface area (Å²) >= 11 is 0. The monoisotopic (exact) mass is 171 g/mol. The van der Waals surface area contributed by atoms with Gasteiger partial charge in [-0.1, -0.05) is 34.1 Å². The highest BCUT2D eigenvalue weighted by atomic mass is 14.9. The van der Waals surface area contributed by atoms with Crippen molar-refractivity contribution >= 4 is 0 Å². The van der Waals surface area contributed by atoms with Gasteiger partial charge in [-0.15, -0.1) is 0 Å². The minimum Gasteiger partial charge on any atom is -0.317 e. The normalized spacial score (nSPS) is 16.5. The Labute approximate surface area is 77.9 Å². The van der Waals surface area contributed by atoms with Crippen LogP contribution >= 0.6 is 0 Å². The van der Waals surface area contributed by atoms with E-state index in [0.717, 1.165) is 17.9 Å². The van der Waals surface area contributed by atoms with E-state index in [1.807, 2.05) is 0 Å². The second kappa shape index (κ2) is 6.47. The Bertz CT molecular complexity index is 99.2. The molecule has 0 aliphatic rings. The van der Waals surface area contributed by atoms with Gasteiger partial charge in [-0.25, -0.2) is 0 Å². The Balaban J connectivity index is 3.66. The van der Waals surface area contributed by atoms with Crippen molar-refractivity contribution < 1.29 is 0 Å². The molecule has 0 amide bonds. The van der Waals surface area contributed by atoms with Gasteiger partial charge < -0.3 is 5.32 Å². The second-order valence-electron chi connectivity index (χ2n) is 4.36. The molecule has 0 aliphatic heterocycles. The summed E-state index contributed by atoms with van der Waals surface area (Å²) in [4.78, 5) is 0. The smallest absolute Gasteiger partial charge is 0.00690 e. The average molecular weight is 171 g/mol. The molecule has 0 aromatic heterocycles. The van der Waals surface area contributed by atoms with Gasteiger partial charge in [0.05, 0.1) is 0 Å². The third kappa shape index (κ3) is 5.59. The number of hydrogen-bond acceptors (Lipinski definition) is 1. The van der Waals surface area contributed by atoms with Crippen molar-refractivity contribution in [2.24, 2.45) is 11.8 Å². The Hall–Kier alpha value is -0.0400. The molecule has 0 fully saturated rings.